The van der Waals surface area contributed by atoms with Gasteiger partial charge in [0, 0.05) is 10.4 Å². The van der Waals surface area contributed by atoms with Crippen LogP contribution in [0.1, 0.15) is 20.8 Å². The maximum atomic E-state index is 12.5. The van der Waals surface area contributed by atoms with Crippen LogP contribution in [0, 0.1) is 13.8 Å². The minimum absolute atomic E-state index is 0.181. The number of ether oxygens (including phenoxy) is 2. The van der Waals surface area contributed by atoms with Crippen molar-refractivity contribution in [3.8, 4) is 16.9 Å². The summed E-state index contributed by atoms with van der Waals surface area (Å²) in [7, 11) is 1.33. The van der Waals surface area contributed by atoms with E-state index in [9.17, 15) is 9.59 Å². The highest BCUT2D eigenvalue weighted by Gasteiger charge is 2.25. The average molecular weight is 474 g/mol. The number of anilines is 1. The molecule has 0 atom stereocenters. The SMILES string of the molecule is COC(=O)c1c(NC(=O)COc2ccc(C)cc2Br)sc(C)c1-c1ccccc1. The van der Waals surface area contributed by atoms with Gasteiger partial charge in [-0.25, -0.2) is 4.79 Å². The van der Waals surface area contributed by atoms with Crippen LogP contribution in [0.15, 0.2) is 53.0 Å². The number of carbonyl (C=O) groups excluding carboxylic acids is 2. The number of carbonyl (C=O) groups is 2. The monoisotopic (exact) mass is 473 g/mol. The van der Waals surface area contributed by atoms with Crippen LogP contribution in [-0.2, 0) is 9.53 Å². The summed E-state index contributed by atoms with van der Waals surface area (Å²) in [6.07, 6.45) is 0. The van der Waals surface area contributed by atoms with E-state index in [0.717, 1.165) is 26.0 Å². The highest BCUT2D eigenvalue weighted by atomic mass is 79.9. The lowest BCUT2D eigenvalue weighted by Gasteiger charge is -2.10. The van der Waals surface area contributed by atoms with Crippen molar-refractivity contribution >= 4 is 44.1 Å². The Bertz CT molecular complexity index is 1050. The number of hydrogen-bond donors (Lipinski definition) is 1. The molecule has 1 amide bonds. The van der Waals surface area contributed by atoms with Gasteiger partial charge in [-0.2, -0.15) is 0 Å². The molecule has 150 valence electrons. The number of thiophene rings is 1. The number of aryl methyl sites for hydroxylation is 2. The first-order valence-corrected chi connectivity index (χ1v) is 10.5. The van der Waals surface area contributed by atoms with E-state index in [1.165, 1.54) is 18.4 Å². The fourth-order valence-electron chi connectivity index (χ4n) is 2.91. The Hall–Kier alpha value is -2.64. The standard InChI is InChI=1S/C22H20BrNO4S/c1-13-9-10-17(16(23)11-13)28-12-18(25)24-21-20(22(26)27-3)19(14(2)29-21)15-7-5-4-6-8-15/h4-11H,12H2,1-3H3,(H,24,25). The molecule has 1 N–H and O–H groups in total. The molecule has 0 fully saturated rings. The van der Waals surface area contributed by atoms with Crippen LogP contribution >= 0.6 is 27.3 Å². The lowest BCUT2D eigenvalue weighted by molar-refractivity contribution is -0.118. The summed E-state index contributed by atoms with van der Waals surface area (Å²) >= 11 is 4.76. The van der Waals surface area contributed by atoms with Crippen molar-refractivity contribution in [2.24, 2.45) is 0 Å². The average Bonchev–Trinajstić information content (AvgIpc) is 3.02. The van der Waals surface area contributed by atoms with Crippen molar-refractivity contribution in [2.45, 2.75) is 13.8 Å². The summed E-state index contributed by atoms with van der Waals surface area (Å²) in [5, 5.41) is 3.25. The maximum Gasteiger partial charge on any atom is 0.341 e. The largest absolute Gasteiger partial charge is 0.483 e. The molecule has 29 heavy (non-hydrogen) atoms. The Morgan fingerprint density at radius 1 is 1.10 bits per heavy atom. The molecular weight excluding hydrogens is 454 g/mol. The second kappa shape index (κ2) is 9.24. The predicted octanol–water partition coefficient (Wildman–Crippen LogP) is 5.60. The van der Waals surface area contributed by atoms with Crippen LogP contribution in [0.4, 0.5) is 5.00 Å². The van der Waals surface area contributed by atoms with Crippen LogP contribution < -0.4 is 10.1 Å². The first-order chi connectivity index (χ1) is 13.9. The van der Waals surface area contributed by atoms with Gasteiger partial charge in [0.1, 0.15) is 16.3 Å². The van der Waals surface area contributed by atoms with E-state index in [2.05, 4.69) is 21.2 Å². The van der Waals surface area contributed by atoms with E-state index in [1.807, 2.05) is 56.3 Å². The molecule has 0 aliphatic carbocycles. The molecule has 0 bridgehead atoms. The van der Waals surface area contributed by atoms with Crippen molar-refractivity contribution in [3.05, 3.63) is 69.0 Å². The maximum absolute atomic E-state index is 12.5. The molecule has 0 radical (unpaired) electrons. The number of hydrogen-bond acceptors (Lipinski definition) is 5. The summed E-state index contributed by atoms with van der Waals surface area (Å²) < 4.78 is 11.3. The molecule has 3 aromatic rings. The molecular formula is C22H20BrNO4S. The van der Waals surface area contributed by atoms with Gasteiger partial charge in [0.2, 0.25) is 0 Å². The predicted molar refractivity (Wildman–Crippen MR) is 119 cm³/mol. The molecule has 1 aromatic heterocycles. The Kier molecular flexibility index (Phi) is 6.71. The summed E-state index contributed by atoms with van der Waals surface area (Å²) in [5.74, 6) is -0.277. The zero-order valence-electron chi connectivity index (χ0n) is 16.2. The van der Waals surface area contributed by atoms with E-state index in [0.29, 0.717) is 16.3 Å². The Morgan fingerprint density at radius 2 is 1.83 bits per heavy atom. The Labute approximate surface area is 181 Å². The minimum Gasteiger partial charge on any atom is -0.483 e. The molecule has 0 saturated heterocycles. The summed E-state index contributed by atoms with van der Waals surface area (Å²) in [6, 6.07) is 15.2. The number of esters is 1. The van der Waals surface area contributed by atoms with Gasteiger partial charge in [-0.05, 0) is 53.0 Å². The molecule has 5 nitrogen and oxygen atoms in total. The summed E-state index contributed by atoms with van der Waals surface area (Å²) in [4.78, 5) is 25.9. The van der Waals surface area contributed by atoms with Gasteiger partial charge < -0.3 is 14.8 Å². The van der Waals surface area contributed by atoms with Crippen LogP contribution in [-0.4, -0.2) is 25.6 Å². The second-order valence-corrected chi connectivity index (χ2v) is 8.44. The lowest BCUT2D eigenvalue weighted by Crippen LogP contribution is -2.21. The normalized spacial score (nSPS) is 10.5. The van der Waals surface area contributed by atoms with Crippen molar-refractivity contribution in [2.75, 3.05) is 19.0 Å². The quantitative estimate of drug-likeness (QED) is 0.473. The third kappa shape index (κ3) is 4.86. The Balaban J connectivity index is 1.83. The number of benzene rings is 2. The molecule has 0 aliphatic heterocycles. The van der Waals surface area contributed by atoms with Crippen molar-refractivity contribution in [1.82, 2.24) is 0 Å². The summed E-state index contributed by atoms with van der Waals surface area (Å²) in [5.41, 5.74) is 3.09. The number of methoxy groups -OCH3 is 1. The number of amides is 1. The molecule has 3 rings (SSSR count). The fraction of sp³-hybridized carbons (Fsp3) is 0.182. The zero-order chi connectivity index (χ0) is 21.0. The molecule has 1 heterocycles. The lowest BCUT2D eigenvalue weighted by atomic mass is 10.0. The molecule has 0 aliphatic rings. The van der Waals surface area contributed by atoms with E-state index in [-0.39, 0.29) is 12.5 Å². The van der Waals surface area contributed by atoms with Crippen LogP contribution in [0.5, 0.6) is 5.75 Å². The van der Waals surface area contributed by atoms with Gasteiger partial charge in [-0.15, -0.1) is 11.3 Å². The van der Waals surface area contributed by atoms with Crippen molar-refractivity contribution in [1.29, 1.82) is 0 Å². The second-order valence-electron chi connectivity index (χ2n) is 6.37. The molecule has 2 aromatic carbocycles. The van der Waals surface area contributed by atoms with Gasteiger partial charge in [0.05, 0.1) is 11.6 Å². The van der Waals surface area contributed by atoms with Crippen LogP contribution in [0.2, 0.25) is 0 Å². The first-order valence-electron chi connectivity index (χ1n) is 8.86. The fourth-order valence-corrected chi connectivity index (χ4v) is 4.60. The van der Waals surface area contributed by atoms with Gasteiger partial charge in [-0.3, -0.25) is 4.79 Å². The third-order valence-corrected chi connectivity index (χ3v) is 5.88. The van der Waals surface area contributed by atoms with E-state index < -0.39 is 5.97 Å². The molecule has 0 unspecified atom stereocenters. The van der Waals surface area contributed by atoms with E-state index in [1.54, 1.807) is 6.07 Å². The Morgan fingerprint density at radius 3 is 2.48 bits per heavy atom. The van der Waals surface area contributed by atoms with Gasteiger partial charge in [0.15, 0.2) is 6.61 Å². The van der Waals surface area contributed by atoms with Crippen LogP contribution in [0.3, 0.4) is 0 Å². The number of rotatable bonds is 6. The van der Waals surface area contributed by atoms with E-state index >= 15 is 0 Å². The summed E-state index contributed by atoms with van der Waals surface area (Å²) in [6.45, 7) is 3.70. The first kappa shape index (κ1) is 21.1. The smallest absolute Gasteiger partial charge is 0.341 e. The minimum atomic E-state index is -0.495. The van der Waals surface area contributed by atoms with Gasteiger partial charge in [-0.1, -0.05) is 36.4 Å². The molecule has 7 heteroatoms. The highest BCUT2D eigenvalue weighted by Crippen LogP contribution is 2.40. The number of nitrogens with one attached hydrogen (secondary N) is 1. The van der Waals surface area contributed by atoms with E-state index in [4.69, 9.17) is 9.47 Å². The highest BCUT2D eigenvalue weighted by molar-refractivity contribution is 9.10. The topological polar surface area (TPSA) is 64.6 Å². The van der Waals surface area contributed by atoms with Gasteiger partial charge in [0.25, 0.3) is 5.91 Å². The van der Waals surface area contributed by atoms with Gasteiger partial charge >= 0.3 is 5.97 Å². The zero-order valence-corrected chi connectivity index (χ0v) is 18.6. The third-order valence-electron chi connectivity index (χ3n) is 4.24. The van der Waals surface area contributed by atoms with Crippen molar-refractivity contribution in [3.63, 3.8) is 0 Å². The number of halogens is 1. The molecule has 0 saturated carbocycles. The molecule has 0 spiro atoms. The van der Waals surface area contributed by atoms with Crippen LogP contribution in [0.25, 0.3) is 11.1 Å². The van der Waals surface area contributed by atoms with Crippen molar-refractivity contribution < 1.29 is 19.1 Å².